The number of alkyl halides is 3. The Hall–Kier alpha value is -3.43. The summed E-state index contributed by atoms with van der Waals surface area (Å²) < 4.78 is 38.6. The fourth-order valence-electron chi connectivity index (χ4n) is 5.67. The lowest BCUT2D eigenvalue weighted by Gasteiger charge is -2.37. The number of hydrogen-bond acceptors (Lipinski definition) is 5. The molecule has 2 aromatic carbocycles. The van der Waals surface area contributed by atoms with Crippen molar-refractivity contribution in [1.29, 1.82) is 0 Å². The minimum absolute atomic E-state index is 0.0479. The summed E-state index contributed by atoms with van der Waals surface area (Å²) in [6, 6.07) is 16.3. The number of likely N-dealkylation sites (tertiary alicyclic amines) is 2. The average molecular weight is 599 g/mol. The molecule has 0 atom stereocenters. The summed E-state index contributed by atoms with van der Waals surface area (Å²) in [6.07, 6.45) is 2.45. The molecule has 0 aliphatic carbocycles. The molecular formula is C32H34ClF3N4O2. The summed E-state index contributed by atoms with van der Waals surface area (Å²) in [6.45, 7) is 4.02. The molecule has 0 bridgehead atoms. The second-order valence-electron chi connectivity index (χ2n) is 11.0. The van der Waals surface area contributed by atoms with Crippen molar-refractivity contribution in [3.05, 3.63) is 100 Å². The van der Waals surface area contributed by atoms with E-state index in [0.717, 1.165) is 68.7 Å². The molecule has 5 rings (SSSR count). The number of oxime groups is 1. The van der Waals surface area contributed by atoms with Crippen LogP contribution in [0.2, 0.25) is 5.02 Å². The second-order valence-corrected chi connectivity index (χ2v) is 11.4. The van der Waals surface area contributed by atoms with Gasteiger partial charge in [-0.05, 0) is 91.9 Å². The number of amides is 1. The zero-order chi connectivity index (χ0) is 29.5. The van der Waals surface area contributed by atoms with Crippen LogP contribution in [0.1, 0.15) is 47.9 Å². The first-order chi connectivity index (χ1) is 20.3. The van der Waals surface area contributed by atoms with Crippen LogP contribution in [0.25, 0.3) is 0 Å². The van der Waals surface area contributed by atoms with Crippen molar-refractivity contribution in [3.8, 4) is 0 Å². The van der Waals surface area contributed by atoms with E-state index in [2.05, 4.69) is 15.0 Å². The fourth-order valence-corrected chi connectivity index (χ4v) is 5.79. The van der Waals surface area contributed by atoms with Gasteiger partial charge in [0.2, 0.25) is 5.91 Å². The van der Waals surface area contributed by atoms with E-state index in [1.54, 1.807) is 12.1 Å². The highest BCUT2D eigenvalue weighted by Crippen LogP contribution is 2.30. The van der Waals surface area contributed by atoms with Crippen molar-refractivity contribution in [1.82, 2.24) is 14.8 Å². The first-order valence-electron chi connectivity index (χ1n) is 14.3. The molecule has 6 nitrogen and oxygen atoms in total. The third-order valence-corrected chi connectivity index (χ3v) is 8.35. The predicted octanol–water partition coefficient (Wildman–Crippen LogP) is 6.83. The quantitative estimate of drug-likeness (QED) is 0.211. The van der Waals surface area contributed by atoms with E-state index in [9.17, 15) is 18.0 Å². The smallest absolute Gasteiger partial charge is 0.391 e. The Kier molecular flexibility index (Phi) is 9.80. The zero-order valence-corrected chi connectivity index (χ0v) is 24.0. The molecule has 1 aromatic heterocycles. The van der Waals surface area contributed by atoms with Gasteiger partial charge >= 0.3 is 6.18 Å². The lowest BCUT2D eigenvalue weighted by Crippen LogP contribution is -2.46. The molecule has 2 aliphatic heterocycles. The van der Waals surface area contributed by atoms with Crippen LogP contribution in [0, 0.1) is 11.8 Å². The van der Waals surface area contributed by atoms with Gasteiger partial charge < -0.3 is 9.74 Å². The molecule has 42 heavy (non-hydrogen) atoms. The van der Waals surface area contributed by atoms with Crippen molar-refractivity contribution >= 4 is 23.2 Å². The van der Waals surface area contributed by atoms with Crippen molar-refractivity contribution < 1.29 is 22.8 Å². The number of hydrogen-bond donors (Lipinski definition) is 0. The zero-order valence-electron chi connectivity index (χ0n) is 23.3. The summed E-state index contributed by atoms with van der Waals surface area (Å²) in [5.41, 5.74) is 2.76. The third kappa shape index (κ3) is 7.89. The van der Waals surface area contributed by atoms with Gasteiger partial charge in [0.15, 0.2) is 0 Å². The molecule has 1 amide bonds. The number of piperidine rings is 2. The molecule has 222 valence electrons. The molecule has 0 spiro atoms. The standard InChI is InChI=1S/C32H34ClF3N4O2/c33-29-7-3-25(4-8-29)30(38-42-22-24-1-5-28(6-2-24)32(34,35)36)26-13-19-40(20-14-26)31(41)27-11-17-39(18-12-27)21-23-9-15-37-16-10-23/h1-10,15-16,26-27H,11-14,17-22H2/b38-30-. The largest absolute Gasteiger partial charge is 0.416 e. The topological polar surface area (TPSA) is 58.0 Å². The number of halogens is 4. The molecule has 2 fully saturated rings. The highest BCUT2D eigenvalue weighted by Gasteiger charge is 2.33. The Balaban J connectivity index is 1.16. The number of aromatic nitrogens is 1. The summed E-state index contributed by atoms with van der Waals surface area (Å²) in [4.78, 5) is 27.5. The van der Waals surface area contributed by atoms with Gasteiger partial charge in [0, 0.05) is 48.9 Å². The van der Waals surface area contributed by atoms with Crippen LogP contribution in [0.3, 0.4) is 0 Å². The lowest BCUT2D eigenvalue weighted by molar-refractivity contribution is -0.138. The van der Waals surface area contributed by atoms with E-state index in [0.29, 0.717) is 23.7 Å². The maximum Gasteiger partial charge on any atom is 0.416 e. The molecule has 2 aliphatic rings. The molecule has 2 saturated heterocycles. The van der Waals surface area contributed by atoms with E-state index in [4.69, 9.17) is 16.4 Å². The normalized spacial score (nSPS) is 17.8. The maximum absolute atomic E-state index is 13.4. The predicted molar refractivity (Wildman–Crippen MR) is 156 cm³/mol. The SMILES string of the molecule is O=C(C1CCN(Cc2ccncc2)CC1)N1CCC(/C(=N\OCc2ccc(C(F)(F)F)cc2)c2ccc(Cl)cc2)CC1. The Bertz CT molecular complexity index is 1330. The van der Waals surface area contributed by atoms with Crippen LogP contribution in [0.4, 0.5) is 13.2 Å². The van der Waals surface area contributed by atoms with Crippen LogP contribution in [-0.4, -0.2) is 52.6 Å². The average Bonchev–Trinajstić information content (AvgIpc) is 3.00. The van der Waals surface area contributed by atoms with Crippen LogP contribution < -0.4 is 0 Å². The van der Waals surface area contributed by atoms with E-state index < -0.39 is 11.7 Å². The highest BCUT2D eigenvalue weighted by atomic mass is 35.5. The summed E-state index contributed by atoms with van der Waals surface area (Å²) in [5, 5.41) is 5.06. The molecule has 10 heteroatoms. The van der Waals surface area contributed by atoms with Crippen LogP contribution in [-0.2, 0) is 29.0 Å². The summed E-state index contributed by atoms with van der Waals surface area (Å²) in [5.74, 6) is 0.359. The van der Waals surface area contributed by atoms with Crippen LogP contribution in [0.5, 0.6) is 0 Å². The first kappa shape index (κ1) is 30.0. The van der Waals surface area contributed by atoms with Gasteiger partial charge in [0.1, 0.15) is 6.61 Å². The van der Waals surface area contributed by atoms with Crippen LogP contribution in [0.15, 0.2) is 78.2 Å². The van der Waals surface area contributed by atoms with Gasteiger partial charge in [0.05, 0.1) is 11.3 Å². The number of carbonyl (C=O) groups is 1. The Morgan fingerprint density at radius 2 is 1.48 bits per heavy atom. The highest BCUT2D eigenvalue weighted by molar-refractivity contribution is 6.30. The fraction of sp³-hybridized carbons (Fsp3) is 0.406. The summed E-state index contributed by atoms with van der Waals surface area (Å²) >= 11 is 6.11. The first-order valence-corrected chi connectivity index (χ1v) is 14.7. The van der Waals surface area contributed by atoms with E-state index in [-0.39, 0.29) is 24.3 Å². The van der Waals surface area contributed by atoms with E-state index in [1.807, 2.05) is 41.6 Å². The molecular weight excluding hydrogens is 565 g/mol. The molecule has 3 aromatic rings. The molecule has 0 saturated carbocycles. The van der Waals surface area contributed by atoms with Crippen LogP contribution >= 0.6 is 11.6 Å². The minimum atomic E-state index is -4.38. The Morgan fingerprint density at radius 1 is 0.857 bits per heavy atom. The molecule has 0 unspecified atom stereocenters. The van der Waals surface area contributed by atoms with Crippen molar-refractivity contribution in [2.75, 3.05) is 26.2 Å². The van der Waals surface area contributed by atoms with Gasteiger partial charge in [-0.15, -0.1) is 0 Å². The monoisotopic (exact) mass is 598 g/mol. The second kappa shape index (κ2) is 13.7. The van der Waals surface area contributed by atoms with E-state index in [1.165, 1.54) is 17.7 Å². The van der Waals surface area contributed by atoms with Gasteiger partial charge in [-0.25, -0.2) is 0 Å². The van der Waals surface area contributed by atoms with E-state index >= 15 is 0 Å². The van der Waals surface area contributed by atoms with Gasteiger partial charge in [-0.1, -0.05) is 41.0 Å². The number of rotatable bonds is 8. The Morgan fingerprint density at radius 3 is 2.10 bits per heavy atom. The van der Waals surface area contributed by atoms with Gasteiger partial charge in [-0.2, -0.15) is 13.2 Å². The number of pyridine rings is 1. The number of benzene rings is 2. The van der Waals surface area contributed by atoms with Gasteiger partial charge in [0.25, 0.3) is 0 Å². The molecule has 0 N–H and O–H groups in total. The minimum Gasteiger partial charge on any atom is -0.391 e. The lowest BCUT2D eigenvalue weighted by atomic mass is 9.87. The number of carbonyl (C=O) groups excluding carboxylic acids is 1. The third-order valence-electron chi connectivity index (χ3n) is 8.10. The Labute approximate surface area is 249 Å². The van der Waals surface area contributed by atoms with Crippen molar-refractivity contribution in [3.63, 3.8) is 0 Å². The molecule has 0 radical (unpaired) electrons. The van der Waals surface area contributed by atoms with Gasteiger partial charge in [-0.3, -0.25) is 14.7 Å². The van der Waals surface area contributed by atoms with Crippen molar-refractivity contribution in [2.45, 2.75) is 45.0 Å². The van der Waals surface area contributed by atoms with Crippen molar-refractivity contribution in [2.24, 2.45) is 17.0 Å². The maximum atomic E-state index is 13.4. The molecule has 3 heterocycles. The number of nitrogens with zero attached hydrogens (tertiary/aromatic N) is 4. The summed E-state index contributed by atoms with van der Waals surface area (Å²) in [7, 11) is 0.